The fourth-order valence-corrected chi connectivity index (χ4v) is 2.56. The quantitative estimate of drug-likeness (QED) is 0.392. The number of rotatable bonds is 2. The molecule has 4 heteroatoms. The average molecular weight is 553 g/mol. The third kappa shape index (κ3) is 7.82. The molecular formula is C22H25Cl2HfN. The Morgan fingerprint density at radius 1 is 0.731 bits per heavy atom. The van der Waals surface area contributed by atoms with Crippen molar-refractivity contribution in [1.29, 1.82) is 0 Å². The molecule has 0 aliphatic heterocycles. The predicted molar refractivity (Wildman–Crippen MR) is 100 cm³/mol. The van der Waals surface area contributed by atoms with E-state index in [4.69, 9.17) is 0 Å². The fraction of sp³-hybridized carbons (Fsp3) is 0.273. The Bertz CT molecular complexity index is 670. The van der Waals surface area contributed by atoms with Gasteiger partial charge in [-0.05, 0) is 0 Å². The summed E-state index contributed by atoms with van der Waals surface area (Å²) in [5.41, 5.74) is 6.38. The maximum absolute atomic E-state index is 4.44. The van der Waals surface area contributed by atoms with E-state index < -0.39 is 0 Å². The van der Waals surface area contributed by atoms with Gasteiger partial charge in [0.25, 0.3) is 0 Å². The van der Waals surface area contributed by atoms with Crippen molar-refractivity contribution in [2.75, 3.05) is 0 Å². The molecule has 3 rings (SSSR count). The van der Waals surface area contributed by atoms with Crippen molar-refractivity contribution in [1.82, 2.24) is 0 Å². The van der Waals surface area contributed by atoms with Crippen LogP contribution < -0.4 is 24.8 Å². The van der Waals surface area contributed by atoms with Crippen molar-refractivity contribution < 1.29 is 50.7 Å². The maximum atomic E-state index is 4.44. The van der Waals surface area contributed by atoms with Crippen LogP contribution in [0, 0.1) is 11.5 Å². The summed E-state index contributed by atoms with van der Waals surface area (Å²) in [4.78, 5) is 0. The van der Waals surface area contributed by atoms with Gasteiger partial charge in [0.15, 0.2) is 0 Å². The van der Waals surface area contributed by atoms with E-state index in [9.17, 15) is 0 Å². The normalized spacial score (nSPS) is 13.8. The molecule has 0 saturated heterocycles. The first-order valence-corrected chi connectivity index (χ1v) is 8.02. The first-order chi connectivity index (χ1) is 10.9. The Labute approximate surface area is 190 Å². The zero-order valence-corrected chi connectivity index (χ0v) is 21.1. The molecule has 0 atom stereocenters. The van der Waals surface area contributed by atoms with E-state index in [1.54, 1.807) is 0 Å². The van der Waals surface area contributed by atoms with Crippen molar-refractivity contribution in [2.45, 2.75) is 34.6 Å². The Balaban J connectivity index is 0. The second-order valence-corrected chi connectivity index (χ2v) is 6.41. The van der Waals surface area contributed by atoms with Crippen LogP contribution in [0.5, 0.6) is 0 Å². The van der Waals surface area contributed by atoms with Crippen LogP contribution in [0.15, 0.2) is 77.4 Å². The van der Waals surface area contributed by atoms with Gasteiger partial charge in [-0.1, -0.05) is 93.8 Å². The fourth-order valence-electron chi connectivity index (χ4n) is 2.56. The van der Waals surface area contributed by atoms with Gasteiger partial charge >= 0.3 is 25.8 Å². The Hall–Kier alpha value is -0.830. The molecule has 1 aliphatic carbocycles. The zero-order valence-electron chi connectivity index (χ0n) is 16.0. The van der Waals surface area contributed by atoms with Crippen LogP contribution in [0.3, 0.4) is 0 Å². The summed E-state index contributed by atoms with van der Waals surface area (Å²) in [6.07, 6.45) is 3.44. The van der Waals surface area contributed by atoms with Gasteiger partial charge in [-0.25, -0.2) is 5.57 Å². The van der Waals surface area contributed by atoms with Gasteiger partial charge in [0.05, 0.1) is 0 Å². The summed E-state index contributed by atoms with van der Waals surface area (Å²) in [5.74, 6) is 0. The topological polar surface area (TPSA) is 14.1 Å². The SMILES string of the molecule is CC1=[C-]C(C)(C)C(C)=C1C.[Cl-].[Cl-].[Hf+4].c1ccc([N-]c2ccccc2)cc1. The van der Waals surface area contributed by atoms with Crippen molar-refractivity contribution >= 4 is 11.4 Å². The minimum Gasteiger partial charge on any atom is -1.00 e. The van der Waals surface area contributed by atoms with E-state index in [0.29, 0.717) is 0 Å². The molecule has 0 amide bonds. The van der Waals surface area contributed by atoms with Gasteiger partial charge in [0, 0.05) is 0 Å². The molecule has 26 heavy (non-hydrogen) atoms. The smallest absolute Gasteiger partial charge is 1.00 e. The van der Waals surface area contributed by atoms with Gasteiger partial charge in [0.1, 0.15) is 0 Å². The van der Waals surface area contributed by atoms with E-state index in [-0.39, 0.29) is 56.1 Å². The summed E-state index contributed by atoms with van der Waals surface area (Å²) < 4.78 is 0. The molecule has 0 N–H and O–H groups in total. The average Bonchev–Trinajstić information content (AvgIpc) is 2.72. The van der Waals surface area contributed by atoms with E-state index in [1.807, 2.05) is 60.7 Å². The molecular weight excluding hydrogens is 528 g/mol. The largest absolute Gasteiger partial charge is 4.00 e. The monoisotopic (exact) mass is 553 g/mol. The van der Waals surface area contributed by atoms with Gasteiger partial charge in [-0.3, -0.25) is 6.08 Å². The molecule has 0 aromatic heterocycles. The molecule has 1 aliphatic rings. The number of benzene rings is 2. The molecule has 0 fully saturated rings. The van der Waals surface area contributed by atoms with Gasteiger partial charge < -0.3 is 30.1 Å². The third-order valence-corrected chi connectivity index (χ3v) is 4.33. The molecule has 0 saturated carbocycles. The molecule has 1 nitrogen and oxygen atoms in total. The number of nitrogens with zero attached hydrogens (tertiary/aromatic N) is 1. The van der Waals surface area contributed by atoms with Crippen molar-refractivity contribution in [3.8, 4) is 0 Å². The molecule has 0 radical (unpaired) electrons. The van der Waals surface area contributed by atoms with Crippen LogP contribution in [0.4, 0.5) is 11.4 Å². The number of hydrogen-bond donors (Lipinski definition) is 0. The maximum Gasteiger partial charge on any atom is 4.00 e. The molecule has 0 unspecified atom stereocenters. The Morgan fingerprint density at radius 3 is 1.35 bits per heavy atom. The minimum atomic E-state index is 0. The molecule has 0 bridgehead atoms. The van der Waals surface area contributed by atoms with E-state index in [1.165, 1.54) is 16.7 Å². The molecule has 0 spiro atoms. The van der Waals surface area contributed by atoms with Crippen LogP contribution in [0.2, 0.25) is 0 Å². The summed E-state index contributed by atoms with van der Waals surface area (Å²) >= 11 is 0. The van der Waals surface area contributed by atoms with Gasteiger partial charge in [-0.2, -0.15) is 11.1 Å². The number of halogens is 2. The van der Waals surface area contributed by atoms with Crippen LogP contribution >= 0.6 is 0 Å². The first-order valence-electron chi connectivity index (χ1n) is 8.02. The molecule has 2 aromatic rings. The van der Waals surface area contributed by atoms with E-state index in [0.717, 1.165) is 11.4 Å². The van der Waals surface area contributed by atoms with Crippen LogP contribution in [0.25, 0.3) is 5.32 Å². The van der Waals surface area contributed by atoms with Crippen molar-refractivity contribution in [3.63, 3.8) is 0 Å². The predicted octanol–water partition coefficient (Wildman–Crippen LogP) is 1.14. The third-order valence-electron chi connectivity index (χ3n) is 4.33. The van der Waals surface area contributed by atoms with Crippen molar-refractivity contribution in [3.05, 3.63) is 88.8 Å². The van der Waals surface area contributed by atoms with Crippen LogP contribution in [0.1, 0.15) is 34.6 Å². The van der Waals surface area contributed by atoms with E-state index in [2.05, 4.69) is 46.0 Å². The zero-order chi connectivity index (χ0) is 16.9. The Kier molecular flexibility index (Phi) is 13.2. The molecule has 136 valence electrons. The van der Waals surface area contributed by atoms with Gasteiger partial charge in [-0.15, -0.1) is 18.3 Å². The summed E-state index contributed by atoms with van der Waals surface area (Å²) in [6.45, 7) is 10.9. The van der Waals surface area contributed by atoms with Crippen molar-refractivity contribution in [2.24, 2.45) is 5.41 Å². The summed E-state index contributed by atoms with van der Waals surface area (Å²) in [7, 11) is 0. The van der Waals surface area contributed by atoms with Crippen LogP contribution in [-0.4, -0.2) is 0 Å². The molecule has 2 aromatic carbocycles. The number of para-hydroxylation sites is 2. The Morgan fingerprint density at radius 2 is 1.12 bits per heavy atom. The molecule has 0 heterocycles. The number of allylic oxidation sites excluding steroid dienone is 4. The second-order valence-electron chi connectivity index (χ2n) is 6.41. The minimum absolute atomic E-state index is 0. The summed E-state index contributed by atoms with van der Waals surface area (Å²) in [5, 5.41) is 4.44. The number of hydrogen-bond acceptors (Lipinski definition) is 0. The standard InChI is InChI=1S/C12H10N.C10H15.2ClH.Hf/c1-3-7-11(8-4-1)13-12-9-5-2-6-10-12;1-7-6-10(4,5)9(3)8(7)2;;;/h1-10H;1-5H3;2*1H;/q2*-1;;;+4/p-2. The van der Waals surface area contributed by atoms with Gasteiger partial charge in [0.2, 0.25) is 0 Å². The summed E-state index contributed by atoms with van der Waals surface area (Å²) in [6, 6.07) is 19.9. The van der Waals surface area contributed by atoms with Crippen LogP contribution in [-0.2, 0) is 25.8 Å². The first kappa shape index (κ1) is 27.4. The second kappa shape index (κ2) is 12.5. The van der Waals surface area contributed by atoms with E-state index >= 15 is 0 Å².